The summed E-state index contributed by atoms with van der Waals surface area (Å²) in [6.45, 7) is 0. The number of thiophene rings is 1. The van der Waals surface area contributed by atoms with Crippen molar-refractivity contribution >= 4 is 50.4 Å². The van der Waals surface area contributed by atoms with Gasteiger partial charge in [0, 0.05) is 15.6 Å². The van der Waals surface area contributed by atoms with E-state index in [0.29, 0.717) is 5.75 Å². The Labute approximate surface area is 171 Å². The summed E-state index contributed by atoms with van der Waals surface area (Å²) in [6.07, 6.45) is 0. The number of rotatable bonds is 6. The number of halogens is 1. The molecule has 0 atom stereocenters. The summed E-state index contributed by atoms with van der Waals surface area (Å²) in [7, 11) is 1.67. The van der Waals surface area contributed by atoms with Crippen LogP contribution >= 0.6 is 50.4 Å². The minimum Gasteiger partial charge on any atom is -0.496 e. The van der Waals surface area contributed by atoms with Gasteiger partial charge in [-0.2, -0.15) is 0 Å². The Morgan fingerprint density at radius 3 is 2.96 bits per heavy atom. The van der Waals surface area contributed by atoms with E-state index in [4.69, 9.17) is 9.72 Å². The van der Waals surface area contributed by atoms with Crippen molar-refractivity contribution in [3.05, 3.63) is 51.3 Å². The summed E-state index contributed by atoms with van der Waals surface area (Å²) in [5.74, 6) is 2.34. The van der Waals surface area contributed by atoms with Gasteiger partial charge in [-0.15, -0.1) is 27.8 Å². The van der Waals surface area contributed by atoms with Crippen molar-refractivity contribution < 1.29 is 4.74 Å². The predicted molar refractivity (Wildman–Crippen MR) is 111 cm³/mol. The number of nitrogens with zero attached hydrogens (tertiary/aromatic N) is 3. The number of thiazole rings is 1. The molecule has 26 heavy (non-hydrogen) atoms. The first-order valence-electron chi connectivity index (χ1n) is 7.60. The zero-order valence-electron chi connectivity index (χ0n) is 13.6. The second-order valence-corrected chi connectivity index (χ2v) is 8.89. The highest BCUT2D eigenvalue weighted by Crippen LogP contribution is 2.35. The summed E-state index contributed by atoms with van der Waals surface area (Å²) >= 11 is 8.32. The minimum atomic E-state index is 0.717. The van der Waals surface area contributed by atoms with Crippen LogP contribution in [0.4, 0.5) is 0 Å². The van der Waals surface area contributed by atoms with E-state index < -0.39 is 0 Å². The Morgan fingerprint density at radius 2 is 2.15 bits per heavy atom. The Hall–Kier alpha value is -1.68. The number of aromatic amines is 1. The van der Waals surface area contributed by atoms with Crippen molar-refractivity contribution in [2.45, 2.75) is 10.9 Å². The zero-order chi connectivity index (χ0) is 17.9. The van der Waals surface area contributed by atoms with E-state index >= 15 is 0 Å². The van der Waals surface area contributed by atoms with Gasteiger partial charge in [-0.1, -0.05) is 33.8 Å². The molecule has 0 spiro atoms. The zero-order valence-corrected chi connectivity index (χ0v) is 17.6. The molecule has 5 nitrogen and oxygen atoms in total. The van der Waals surface area contributed by atoms with Crippen molar-refractivity contribution in [2.75, 3.05) is 7.11 Å². The minimum absolute atomic E-state index is 0.717. The highest BCUT2D eigenvalue weighted by molar-refractivity contribution is 9.10. The number of ether oxygens (including phenoxy) is 1. The van der Waals surface area contributed by atoms with Crippen LogP contribution in [0.15, 0.2) is 50.7 Å². The first-order chi connectivity index (χ1) is 12.7. The van der Waals surface area contributed by atoms with Gasteiger partial charge in [0.15, 0.2) is 5.82 Å². The number of thioether (sulfide) groups is 1. The van der Waals surface area contributed by atoms with Crippen molar-refractivity contribution in [2.24, 2.45) is 0 Å². The van der Waals surface area contributed by atoms with Gasteiger partial charge < -0.3 is 4.74 Å². The molecule has 0 aliphatic rings. The van der Waals surface area contributed by atoms with Crippen LogP contribution < -0.4 is 4.74 Å². The van der Waals surface area contributed by atoms with E-state index in [2.05, 4.69) is 36.5 Å². The first-order valence-corrected chi connectivity index (χ1v) is 11.1. The lowest BCUT2D eigenvalue weighted by molar-refractivity contribution is 0.416. The van der Waals surface area contributed by atoms with Crippen LogP contribution in [0.5, 0.6) is 5.75 Å². The highest BCUT2D eigenvalue weighted by atomic mass is 79.9. The summed E-state index contributed by atoms with van der Waals surface area (Å²) in [5, 5.41) is 13.0. The lowest BCUT2D eigenvalue weighted by Crippen LogP contribution is -1.88. The van der Waals surface area contributed by atoms with E-state index in [9.17, 15) is 0 Å². The van der Waals surface area contributed by atoms with Gasteiger partial charge >= 0.3 is 0 Å². The molecule has 0 unspecified atom stereocenters. The molecule has 0 radical (unpaired) electrons. The molecular weight excluding hydrogens is 452 g/mol. The number of hydrogen-bond acceptors (Lipinski definition) is 7. The maximum atomic E-state index is 5.45. The molecule has 4 aromatic rings. The fourth-order valence-corrected chi connectivity index (χ4v) is 4.98. The molecule has 1 aromatic carbocycles. The largest absolute Gasteiger partial charge is 0.496 e. The molecule has 0 aliphatic carbocycles. The molecule has 0 saturated carbocycles. The van der Waals surface area contributed by atoms with Gasteiger partial charge in [-0.05, 0) is 29.6 Å². The average molecular weight is 465 g/mol. The average Bonchev–Trinajstić information content (AvgIpc) is 3.40. The standard InChI is InChI=1S/C17H13BrN4OS3/c1-23-13-5-4-10(18)7-12(13)16-19-11(8-25-16)9-26-17-20-15(21-22-17)14-3-2-6-24-14/h2-8H,9H2,1H3,(H,20,21,22). The quantitative estimate of drug-likeness (QED) is 0.369. The van der Waals surface area contributed by atoms with Crippen LogP contribution in [0.3, 0.4) is 0 Å². The van der Waals surface area contributed by atoms with Crippen LogP contribution in [0.25, 0.3) is 21.3 Å². The first kappa shape index (κ1) is 17.7. The molecule has 0 bridgehead atoms. The smallest absolute Gasteiger partial charge is 0.209 e. The number of benzene rings is 1. The molecule has 0 aliphatic heterocycles. The summed E-state index contributed by atoms with van der Waals surface area (Å²) in [5.41, 5.74) is 1.99. The van der Waals surface area contributed by atoms with E-state index in [-0.39, 0.29) is 0 Å². The van der Waals surface area contributed by atoms with Crippen LogP contribution in [0, 0.1) is 0 Å². The lowest BCUT2D eigenvalue weighted by Gasteiger charge is -2.06. The maximum Gasteiger partial charge on any atom is 0.209 e. The maximum absolute atomic E-state index is 5.45. The topological polar surface area (TPSA) is 63.7 Å². The molecule has 3 heterocycles. The Bertz CT molecular complexity index is 1010. The van der Waals surface area contributed by atoms with Gasteiger partial charge in [0.05, 0.1) is 23.2 Å². The third-order valence-electron chi connectivity index (χ3n) is 3.51. The van der Waals surface area contributed by atoms with Crippen LogP contribution in [0.1, 0.15) is 5.69 Å². The lowest BCUT2D eigenvalue weighted by atomic mass is 10.2. The second-order valence-electron chi connectivity index (χ2n) is 5.22. The molecule has 3 aromatic heterocycles. The van der Waals surface area contributed by atoms with E-state index in [0.717, 1.165) is 42.3 Å². The molecule has 9 heteroatoms. The third kappa shape index (κ3) is 3.85. The van der Waals surface area contributed by atoms with Crippen LogP contribution in [0.2, 0.25) is 0 Å². The predicted octanol–water partition coefficient (Wildman–Crippen LogP) is 5.72. The summed E-state index contributed by atoms with van der Waals surface area (Å²) in [4.78, 5) is 10.3. The number of H-pyrrole nitrogens is 1. The molecular formula is C17H13BrN4OS3. The number of methoxy groups -OCH3 is 1. The van der Waals surface area contributed by atoms with Gasteiger partial charge in [0.25, 0.3) is 0 Å². The SMILES string of the molecule is COc1ccc(Br)cc1-c1nc(CSc2n[nH]c(-c3cccs3)n2)cs1. The van der Waals surface area contributed by atoms with E-state index in [1.807, 2.05) is 35.7 Å². The Morgan fingerprint density at radius 1 is 1.23 bits per heavy atom. The monoisotopic (exact) mass is 464 g/mol. The number of aromatic nitrogens is 4. The molecule has 0 amide bonds. The van der Waals surface area contributed by atoms with Crippen molar-refractivity contribution in [3.63, 3.8) is 0 Å². The van der Waals surface area contributed by atoms with Gasteiger partial charge in [-0.25, -0.2) is 9.97 Å². The summed E-state index contributed by atoms with van der Waals surface area (Å²) < 4.78 is 6.45. The fourth-order valence-electron chi connectivity index (χ4n) is 2.32. The number of hydrogen-bond donors (Lipinski definition) is 1. The third-order valence-corrected chi connectivity index (χ3v) is 6.69. The molecule has 1 N–H and O–H groups in total. The van der Waals surface area contributed by atoms with Crippen LogP contribution in [-0.4, -0.2) is 27.3 Å². The second kappa shape index (κ2) is 7.91. The van der Waals surface area contributed by atoms with Crippen molar-refractivity contribution in [1.29, 1.82) is 0 Å². The van der Waals surface area contributed by atoms with Gasteiger partial charge in [0.2, 0.25) is 5.16 Å². The molecule has 4 rings (SSSR count). The normalized spacial score (nSPS) is 11.0. The van der Waals surface area contributed by atoms with Crippen LogP contribution in [-0.2, 0) is 5.75 Å². The summed E-state index contributed by atoms with van der Waals surface area (Å²) in [6, 6.07) is 9.95. The van der Waals surface area contributed by atoms with Crippen molar-refractivity contribution in [1.82, 2.24) is 20.2 Å². The number of nitrogens with one attached hydrogen (secondary N) is 1. The highest BCUT2D eigenvalue weighted by Gasteiger charge is 2.12. The molecule has 0 fully saturated rings. The Balaban J connectivity index is 1.47. The van der Waals surface area contributed by atoms with Gasteiger partial charge in [0.1, 0.15) is 10.8 Å². The van der Waals surface area contributed by atoms with Crippen molar-refractivity contribution in [3.8, 4) is 27.0 Å². The fraction of sp³-hybridized carbons (Fsp3) is 0.118. The van der Waals surface area contributed by atoms with Gasteiger partial charge in [-0.3, -0.25) is 5.10 Å². The van der Waals surface area contributed by atoms with E-state index in [1.54, 1.807) is 41.5 Å². The Kier molecular flexibility index (Phi) is 5.39. The molecule has 0 saturated heterocycles. The molecule has 132 valence electrons. The van der Waals surface area contributed by atoms with E-state index in [1.165, 1.54) is 0 Å².